The van der Waals surface area contributed by atoms with Gasteiger partial charge in [-0.2, -0.15) is 0 Å². The highest BCUT2D eigenvalue weighted by molar-refractivity contribution is 7.80. The van der Waals surface area contributed by atoms with Crippen molar-refractivity contribution in [2.45, 2.75) is 11.8 Å². The van der Waals surface area contributed by atoms with E-state index in [0.717, 1.165) is 21.6 Å². The lowest BCUT2D eigenvalue weighted by Crippen LogP contribution is -1.86. The van der Waals surface area contributed by atoms with Gasteiger partial charge in [0, 0.05) is 11.1 Å². The van der Waals surface area contributed by atoms with Gasteiger partial charge >= 0.3 is 0 Å². The maximum Gasteiger partial charge on any atom is 0.0898 e. The van der Waals surface area contributed by atoms with Gasteiger partial charge in [0.25, 0.3) is 0 Å². The van der Waals surface area contributed by atoms with Crippen LogP contribution >= 0.6 is 12.6 Å². The largest absolute Gasteiger partial charge is 0.253 e. The SMILES string of the molecule is Cc1cnc2cc(S)ccc2n1. The minimum Gasteiger partial charge on any atom is -0.253 e. The van der Waals surface area contributed by atoms with Gasteiger partial charge < -0.3 is 0 Å². The number of hydrogen-bond donors (Lipinski definition) is 1. The third-order valence-electron chi connectivity index (χ3n) is 1.65. The molecule has 12 heavy (non-hydrogen) atoms. The highest BCUT2D eigenvalue weighted by atomic mass is 32.1. The number of rotatable bonds is 0. The Hall–Kier alpha value is -1.09. The first-order valence-electron chi connectivity index (χ1n) is 3.68. The van der Waals surface area contributed by atoms with E-state index in [1.807, 2.05) is 25.1 Å². The third-order valence-corrected chi connectivity index (χ3v) is 1.92. The summed E-state index contributed by atoms with van der Waals surface area (Å²) in [6.45, 7) is 1.93. The molecule has 0 spiro atoms. The quantitative estimate of drug-likeness (QED) is 0.623. The molecule has 2 rings (SSSR count). The zero-order valence-electron chi connectivity index (χ0n) is 6.65. The van der Waals surface area contributed by atoms with Crippen molar-refractivity contribution in [3.63, 3.8) is 0 Å². The molecule has 1 aromatic carbocycles. The lowest BCUT2D eigenvalue weighted by molar-refractivity contribution is 1.18. The summed E-state index contributed by atoms with van der Waals surface area (Å²) in [4.78, 5) is 9.47. The first kappa shape index (κ1) is 7.55. The summed E-state index contributed by atoms with van der Waals surface area (Å²) >= 11 is 4.22. The molecule has 0 atom stereocenters. The van der Waals surface area contributed by atoms with Crippen LogP contribution in [0.3, 0.4) is 0 Å². The fourth-order valence-corrected chi connectivity index (χ4v) is 1.29. The maximum atomic E-state index is 4.32. The van der Waals surface area contributed by atoms with Gasteiger partial charge in [-0.3, -0.25) is 4.98 Å². The second-order valence-electron chi connectivity index (χ2n) is 2.68. The van der Waals surface area contributed by atoms with Crippen LogP contribution < -0.4 is 0 Å². The van der Waals surface area contributed by atoms with Crippen LogP contribution in [0.5, 0.6) is 0 Å². The molecule has 0 amide bonds. The molecule has 0 fully saturated rings. The highest BCUT2D eigenvalue weighted by Gasteiger charge is 1.95. The van der Waals surface area contributed by atoms with Crippen LogP contribution in [-0.4, -0.2) is 9.97 Å². The van der Waals surface area contributed by atoms with E-state index in [9.17, 15) is 0 Å². The topological polar surface area (TPSA) is 25.8 Å². The molecule has 0 aliphatic rings. The summed E-state index contributed by atoms with van der Waals surface area (Å²) in [5.41, 5.74) is 2.76. The summed E-state index contributed by atoms with van der Waals surface area (Å²) < 4.78 is 0. The van der Waals surface area contributed by atoms with Gasteiger partial charge in [-0.25, -0.2) is 4.98 Å². The number of nitrogens with zero attached hydrogens (tertiary/aromatic N) is 2. The first-order valence-corrected chi connectivity index (χ1v) is 4.13. The van der Waals surface area contributed by atoms with E-state index >= 15 is 0 Å². The zero-order chi connectivity index (χ0) is 8.55. The van der Waals surface area contributed by atoms with Gasteiger partial charge in [0.2, 0.25) is 0 Å². The van der Waals surface area contributed by atoms with Crippen molar-refractivity contribution in [2.24, 2.45) is 0 Å². The van der Waals surface area contributed by atoms with E-state index in [2.05, 4.69) is 22.6 Å². The lowest BCUT2D eigenvalue weighted by Gasteiger charge is -1.97. The van der Waals surface area contributed by atoms with E-state index in [0.29, 0.717) is 0 Å². The summed E-state index contributed by atoms with van der Waals surface area (Å²) in [5.74, 6) is 0. The summed E-state index contributed by atoms with van der Waals surface area (Å²) in [6.07, 6.45) is 1.76. The molecule has 0 saturated heterocycles. The van der Waals surface area contributed by atoms with E-state index < -0.39 is 0 Å². The molecular formula is C9H8N2S. The van der Waals surface area contributed by atoms with Crippen LogP contribution in [0, 0.1) is 6.92 Å². The molecule has 1 aromatic heterocycles. The van der Waals surface area contributed by atoms with Crippen molar-refractivity contribution in [3.05, 3.63) is 30.1 Å². The number of aryl methyl sites for hydroxylation is 1. The second kappa shape index (κ2) is 2.75. The Bertz CT molecular complexity index is 385. The molecule has 3 heteroatoms. The lowest BCUT2D eigenvalue weighted by atomic mass is 10.3. The molecule has 0 aliphatic carbocycles. The van der Waals surface area contributed by atoms with Crippen LogP contribution in [0.2, 0.25) is 0 Å². The Labute approximate surface area is 76.1 Å². The molecule has 0 N–H and O–H groups in total. The normalized spacial score (nSPS) is 10.5. The molecule has 0 radical (unpaired) electrons. The predicted molar refractivity (Wildman–Crippen MR) is 51.5 cm³/mol. The summed E-state index contributed by atoms with van der Waals surface area (Å²) in [5, 5.41) is 0. The summed E-state index contributed by atoms with van der Waals surface area (Å²) in [7, 11) is 0. The number of fused-ring (bicyclic) bond motifs is 1. The minimum absolute atomic E-state index is 0.896. The van der Waals surface area contributed by atoms with Crippen molar-refractivity contribution >= 4 is 23.7 Å². The maximum absolute atomic E-state index is 4.32. The summed E-state index contributed by atoms with van der Waals surface area (Å²) in [6, 6.07) is 5.75. The standard InChI is InChI=1S/C9H8N2S/c1-6-5-10-9-4-7(12)2-3-8(9)11-6/h2-5,12H,1H3. The van der Waals surface area contributed by atoms with Gasteiger partial charge in [-0.05, 0) is 25.1 Å². The van der Waals surface area contributed by atoms with Crippen LogP contribution in [0.1, 0.15) is 5.69 Å². The molecular weight excluding hydrogens is 168 g/mol. The Kier molecular flexibility index (Phi) is 1.73. The van der Waals surface area contributed by atoms with Gasteiger partial charge in [0.1, 0.15) is 0 Å². The van der Waals surface area contributed by atoms with Crippen LogP contribution in [0.15, 0.2) is 29.3 Å². The zero-order valence-corrected chi connectivity index (χ0v) is 7.55. The molecule has 2 aromatic rings. The van der Waals surface area contributed by atoms with Gasteiger partial charge in [-0.15, -0.1) is 12.6 Å². The Morgan fingerprint density at radius 2 is 2.08 bits per heavy atom. The number of thiol groups is 1. The molecule has 0 saturated carbocycles. The third kappa shape index (κ3) is 1.28. The fraction of sp³-hybridized carbons (Fsp3) is 0.111. The first-order chi connectivity index (χ1) is 5.75. The monoisotopic (exact) mass is 176 g/mol. The van der Waals surface area contributed by atoms with Gasteiger partial charge in [0.05, 0.1) is 16.7 Å². The molecule has 0 unspecified atom stereocenters. The van der Waals surface area contributed by atoms with Crippen molar-refractivity contribution in [1.82, 2.24) is 9.97 Å². The van der Waals surface area contributed by atoms with Crippen LogP contribution in [-0.2, 0) is 0 Å². The van der Waals surface area contributed by atoms with Crippen molar-refractivity contribution < 1.29 is 0 Å². The van der Waals surface area contributed by atoms with Crippen LogP contribution in [0.25, 0.3) is 11.0 Å². The van der Waals surface area contributed by atoms with Crippen LogP contribution in [0.4, 0.5) is 0 Å². The van der Waals surface area contributed by atoms with E-state index in [4.69, 9.17) is 0 Å². The number of hydrogen-bond acceptors (Lipinski definition) is 3. The molecule has 0 bridgehead atoms. The number of aromatic nitrogens is 2. The molecule has 2 nitrogen and oxygen atoms in total. The average Bonchev–Trinajstić information content (AvgIpc) is 2.05. The molecule has 60 valence electrons. The van der Waals surface area contributed by atoms with Crippen molar-refractivity contribution in [3.8, 4) is 0 Å². The fourth-order valence-electron chi connectivity index (χ4n) is 1.09. The minimum atomic E-state index is 0.896. The van der Waals surface area contributed by atoms with Gasteiger partial charge in [0.15, 0.2) is 0 Å². The average molecular weight is 176 g/mol. The van der Waals surface area contributed by atoms with Crippen molar-refractivity contribution in [2.75, 3.05) is 0 Å². The van der Waals surface area contributed by atoms with E-state index in [1.54, 1.807) is 6.20 Å². The van der Waals surface area contributed by atoms with E-state index in [-0.39, 0.29) is 0 Å². The second-order valence-corrected chi connectivity index (χ2v) is 3.20. The van der Waals surface area contributed by atoms with Crippen molar-refractivity contribution in [1.29, 1.82) is 0 Å². The number of benzene rings is 1. The molecule has 1 heterocycles. The predicted octanol–water partition coefficient (Wildman–Crippen LogP) is 2.23. The Morgan fingerprint density at radius 1 is 1.25 bits per heavy atom. The smallest absolute Gasteiger partial charge is 0.0898 e. The Morgan fingerprint density at radius 3 is 2.92 bits per heavy atom. The van der Waals surface area contributed by atoms with Gasteiger partial charge in [-0.1, -0.05) is 0 Å². The van der Waals surface area contributed by atoms with E-state index in [1.165, 1.54) is 0 Å². The highest BCUT2D eigenvalue weighted by Crippen LogP contribution is 2.13. The molecule has 0 aliphatic heterocycles. The Balaban J connectivity index is 2.79.